The first kappa shape index (κ1) is 13.5. The number of rotatable bonds is 6. The molecule has 1 atom stereocenters. The molecule has 102 valence electrons. The zero-order valence-electron chi connectivity index (χ0n) is 11.0. The minimum atomic E-state index is -0.276. The monoisotopic (exact) mass is 262 g/mol. The zero-order valence-corrected chi connectivity index (χ0v) is 11.0. The number of nitrogens with zero attached hydrogens (tertiary/aromatic N) is 2. The molecule has 1 unspecified atom stereocenters. The largest absolute Gasteiger partial charge is 0.374 e. The van der Waals surface area contributed by atoms with E-state index in [1.807, 2.05) is 10.9 Å². The molecular formula is C14H19FN4. The number of halogens is 1. The Morgan fingerprint density at radius 2 is 2.21 bits per heavy atom. The van der Waals surface area contributed by atoms with Crippen LogP contribution in [0.1, 0.15) is 24.9 Å². The second-order valence-electron chi connectivity index (χ2n) is 4.45. The third-order valence-electron chi connectivity index (χ3n) is 2.95. The normalized spacial score (nSPS) is 12.4. The summed E-state index contributed by atoms with van der Waals surface area (Å²) in [5.41, 5.74) is 7.19. The number of anilines is 1. The Kier molecular flexibility index (Phi) is 4.52. The molecule has 2 aromatic rings. The van der Waals surface area contributed by atoms with Crippen LogP contribution in [0.25, 0.3) is 0 Å². The second-order valence-corrected chi connectivity index (χ2v) is 4.45. The van der Waals surface area contributed by atoms with Crippen LogP contribution in [-0.2, 0) is 6.54 Å². The lowest BCUT2D eigenvalue weighted by Crippen LogP contribution is -2.20. The van der Waals surface area contributed by atoms with Crippen LogP contribution in [-0.4, -0.2) is 16.3 Å². The van der Waals surface area contributed by atoms with Crippen molar-refractivity contribution in [1.29, 1.82) is 0 Å². The molecule has 4 nitrogen and oxygen atoms in total. The lowest BCUT2D eigenvalue weighted by molar-refractivity contribution is 0.601. The molecule has 0 aliphatic carbocycles. The van der Waals surface area contributed by atoms with Crippen LogP contribution in [0.15, 0.2) is 36.7 Å². The Bertz CT molecular complexity index is 524. The van der Waals surface area contributed by atoms with Gasteiger partial charge in [-0.15, -0.1) is 0 Å². The quantitative estimate of drug-likeness (QED) is 0.841. The number of nitrogens with one attached hydrogen (secondary N) is 1. The molecule has 0 saturated carbocycles. The Morgan fingerprint density at radius 1 is 1.42 bits per heavy atom. The van der Waals surface area contributed by atoms with Gasteiger partial charge < -0.3 is 11.1 Å². The van der Waals surface area contributed by atoms with Gasteiger partial charge in [-0.25, -0.2) is 4.39 Å². The van der Waals surface area contributed by atoms with E-state index >= 15 is 0 Å². The number of aryl methyl sites for hydroxylation is 1. The zero-order chi connectivity index (χ0) is 13.7. The van der Waals surface area contributed by atoms with Crippen molar-refractivity contribution in [1.82, 2.24) is 9.78 Å². The predicted molar refractivity (Wildman–Crippen MR) is 74.3 cm³/mol. The van der Waals surface area contributed by atoms with Crippen molar-refractivity contribution in [3.8, 4) is 0 Å². The fraction of sp³-hybridized carbons (Fsp3) is 0.357. The van der Waals surface area contributed by atoms with Gasteiger partial charge >= 0.3 is 0 Å². The third kappa shape index (κ3) is 3.32. The first-order valence-corrected chi connectivity index (χ1v) is 6.48. The van der Waals surface area contributed by atoms with Crippen LogP contribution in [0.4, 0.5) is 10.1 Å². The van der Waals surface area contributed by atoms with Crippen LogP contribution in [0.3, 0.4) is 0 Å². The molecular weight excluding hydrogens is 243 g/mol. The fourth-order valence-corrected chi connectivity index (χ4v) is 1.96. The Labute approximate surface area is 112 Å². The highest BCUT2D eigenvalue weighted by atomic mass is 19.1. The highest BCUT2D eigenvalue weighted by molar-refractivity contribution is 5.46. The maximum atomic E-state index is 13.6. The van der Waals surface area contributed by atoms with Crippen molar-refractivity contribution >= 4 is 5.69 Å². The lowest BCUT2D eigenvalue weighted by atomic mass is 10.1. The van der Waals surface area contributed by atoms with Crippen LogP contribution in [0, 0.1) is 5.82 Å². The molecule has 0 amide bonds. The van der Waals surface area contributed by atoms with Gasteiger partial charge in [-0.1, -0.05) is 19.1 Å². The number of benzene rings is 1. The van der Waals surface area contributed by atoms with Crippen molar-refractivity contribution < 1.29 is 4.39 Å². The van der Waals surface area contributed by atoms with Gasteiger partial charge in [0, 0.05) is 24.8 Å². The number of para-hydroxylation sites is 1. The van der Waals surface area contributed by atoms with Crippen LogP contribution in [0.2, 0.25) is 0 Å². The van der Waals surface area contributed by atoms with Crippen molar-refractivity contribution in [2.75, 3.05) is 11.9 Å². The van der Waals surface area contributed by atoms with E-state index in [1.54, 1.807) is 24.4 Å². The van der Waals surface area contributed by atoms with Gasteiger partial charge in [0.1, 0.15) is 5.82 Å². The summed E-state index contributed by atoms with van der Waals surface area (Å²) in [6, 6.07) is 6.45. The van der Waals surface area contributed by atoms with Gasteiger partial charge in [0.05, 0.1) is 17.9 Å². The topological polar surface area (TPSA) is 55.9 Å². The first-order valence-electron chi connectivity index (χ1n) is 6.48. The minimum Gasteiger partial charge on any atom is -0.374 e. The van der Waals surface area contributed by atoms with Crippen molar-refractivity contribution in [3.63, 3.8) is 0 Å². The summed E-state index contributed by atoms with van der Waals surface area (Å²) in [6.45, 7) is 3.35. The smallest absolute Gasteiger partial charge is 0.146 e. The Hall–Kier alpha value is -1.88. The summed E-state index contributed by atoms with van der Waals surface area (Å²) in [5, 5.41) is 7.38. The Balaban J connectivity index is 2.13. The van der Waals surface area contributed by atoms with E-state index < -0.39 is 0 Å². The molecule has 1 aromatic heterocycles. The number of hydrogen-bond donors (Lipinski definition) is 2. The molecule has 2 rings (SSSR count). The Morgan fingerprint density at radius 3 is 2.89 bits per heavy atom. The number of hydrogen-bond acceptors (Lipinski definition) is 3. The maximum Gasteiger partial charge on any atom is 0.146 e. The molecule has 0 bridgehead atoms. The minimum absolute atomic E-state index is 0.137. The highest BCUT2D eigenvalue weighted by Crippen LogP contribution is 2.20. The van der Waals surface area contributed by atoms with Gasteiger partial charge in [0.2, 0.25) is 0 Å². The number of nitrogens with two attached hydrogens (primary N) is 1. The SMILES string of the molecule is CCCn1cc(C(CN)Nc2ccccc2F)cn1. The van der Waals surface area contributed by atoms with Crippen molar-refractivity contribution in [3.05, 3.63) is 48.0 Å². The molecule has 19 heavy (non-hydrogen) atoms. The summed E-state index contributed by atoms with van der Waals surface area (Å²) in [6.07, 6.45) is 4.76. The summed E-state index contributed by atoms with van der Waals surface area (Å²) in [4.78, 5) is 0. The van der Waals surface area contributed by atoms with E-state index in [0.717, 1.165) is 18.5 Å². The lowest BCUT2D eigenvalue weighted by Gasteiger charge is -2.17. The summed E-state index contributed by atoms with van der Waals surface area (Å²) in [5.74, 6) is -0.276. The van der Waals surface area contributed by atoms with Gasteiger partial charge in [-0.05, 0) is 18.6 Å². The fourth-order valence-electron chi connectivity index (χ4n) is 1.96. The van der Waals surface area contributed by atoms with Crippen LogP contribution in [0.5, 0.6) is 0 Å². The second kappa shape index (κ2) is 6.33. The maximum absolute atomic E-state index is 13.6. The molecule has 5 heteroatoms. The third-order valence-corrected chi connectivity index (χ3v) is 2.95. The molecule has 1 aromatic carbocycles. The first-order chi connectivity index (χ1) is 9.24. The van der Waals surface area contributed by atoms with Crippen LogP contribution < -0.4 is 11.1 Å². The van der Waals surface area contributed by atoms with Gasteiger partial charge in [-0.3, -0.25) is 4.68 Å². The van der Waals surface area contributed by atoms with Gasteiger partial charge in [-0.2, -0.15) is 5.10 Å². The van der Waals surface area contributed by atoms with E-state index in [4.69, 9.17) is 5.73 Å². The molecule has 0 saturated heterocycles. The van der Waals surface area contributed by atoms with E-state index in [-0.39, 0.29) is 11.9 Å². The number of aromatic nitrogens is 2. The van der Waals surface area contributed by atoms with E-state index in [2.05, 4.69) is 17.3 Å². The molecule has 0 aliphatic rings. The van der Waals surface area contributed by atoms with E-state index in [0.29, 0.717) is 12.2 Å². The van der Waals surface area contributed by atoms with Crippen LogP contribution >= 0.6 is 0 Å². The van der Waals surface area contributed by atoms with Crippen molar-refractivity contribution in [2.24, 2.45) is 5.73 Å². The summed E-state index contributed by atoms with van der Waals surface area (Å²) < 4.78 is 15.5. The van der Waals surface area contributed by atoms with E-state index in [9.17, 15) is 4.39 Å². The molecule has 0 radical (unpaired) electrons. The molecule has 0 spiro atoms. The van der Waals surface area contributed by atoms with E-state index in [1.165, 1.54) is 6.07 Å². The predicted octanol–water partition coefficient (Wildman–Crippen LogP) is 2.54. The summed E-state index contributed by atoms with van der Waals surface area (Å²) >= 11 is 0. The summed E-state index contributed by atoms with van der Waals surface area (Å²) in [7, 11) is 0. The molecule has 0 fully saturated rings. The molecule has 0 aliphatic heterocycles. The standard InChI is InChI=1S/C14H19FN4/c1-2-7-19-10-11(9-17-19)14(8-16)18-13-6-4-3-5-12(13)15/h3-6,9-10,14,18H,2,7-8,16H2,1H3. The van der Waals surface area contributed by atoms with Crippen molar-refractivity contribution in [2.45, 2.75) is 25.9 Å². The van der Waals surface area contributed by atoms with Gasteiger partial charge in [0.25, 0.3) is 0 Å². The molecule has 1 heterocycles. The highest BCUT2D eigenvalue weighted by Gasteiger charge is 2.13. The average Bonchev–Trinajstić information content (AvgIpc) is 2.87. The molecule has 3 N–H and O–H groups in total. The average molecular weight is 262 g/mol. The van der Waals surface area contributed by atoms with Gasteiger partial charge in [0.15, 0.2) is 0 Å².